The number of aliphatic hydroxyl groups excluding tert-OH is 5. The molecule has 0 radical (unpaired) electrons. The zero-order valence-corrected chi connectivity index (χ0v) is 41.9. The van der Waals surface area contributed by atoms with Crippen LogP contribution in [0.3, 0.4) is 0 Å². The Morgan fingerprint density at radius 2 is 0.785 bits per heavy atom. The lowest BCUT2D eigenvalue weighted by atomic mass is 9.85. The summed E-state index contributed by atoms with van der Waals surface area (Å²) in [6.45, 7) is 3.33. The molecule has 0 heterocycles. The van der Waals surface area contributed by atoms with Gasteiger partial charge in [-0.25, -0.2) is 4.57 Å². The number of carbonyl (C=O) groups is 2. The van der Waals surface area contributed by atoms with Gasteiger partial charge in [-0.1, -0.05) is 206 Å². The number of phosphoric acid groups is 1. The molecule has 1 aliphatic carbocycles. The van der Waals surface area contributed by atoms with Gasteiger partial charge in [0.2, 0.25) is 0 Å². The summed E-state index contributed by atoms with van der Waals surface area (Å²) in [6.07, 6.45) is 32.6. The summed E-state index contributed by atoms with van der Waals surface area (Å²) in [7, 11) is -5.12. The molecule has 14 heteroatoms. The summed E-state index contributed by atoms with van der Waals surface area (Å²) >= 11 is 0. The highest BCUT2D eigenvalue weighted by atomic mass is 31.2. The van der Waals surface area contributed by atoms with E-state index in [1.165, 1.54) is 161 Å². The van der Waals surface area contributed by atoms with Crippen molar-refractivity contribution in [3.8, 4) is 0 Å². The van der Waals surface area contributed by atoms with E-state index in [0.717, 1.165) is 44.9 Å². The number of hydrogen-bond acceptors (Lipinski definition) is 12. The van der Waals surface area contributed by atoms with Crippen molar-refractivity contribution < 1.29 is 63.1 Å². The number of esters is 2. The van der Waals surface area contributed by atoms with Crippen LogP contribution >= 0.6 is 7.82 Å². The van der Waals surface area contributed by atoms with Crippen molar-refractivity contribution in [1.29, 1.82) is 0 Å². The molecule has 0 amide bonds. The average molecular weight is 949 g/mol. The summed E-state index contributed by atoms with van der Waals surface area (Å²) < 4.78 is 33.6. The van der Waals surface area contributed by atoms with E-state index >= 15 is 0 Å². The van der Waals surface area contributed by atoms with Crippen LogP contribution in [0.25, 0.3) is 0 Å². The fraction of sp³-hybridized carbons (Fsp3) is 0.922. The number of aliphatic hydroxyl groups is 5. The second kappa shape index (κ2) is 41.6. The van der Waals surface area contributed by atoms with Gasteiger partial charge < -0.3 is 39.9 Å². The molecule has 0 aromatic carbocycles. The molecule has 0 spiro atoms. The van der Waals surface area contributed by atoms with E-state index in [1.807, 2.05) is 0 Å². The van der Waals surface area contributed by atoms with Crippen LogP contribution in [0, 0.1) is 0 Å². The lowest BCUT2D eigenvalue weighted by Crippen LogP contribution is -2.64. The molecule has 1 aliphatic rings. The van der Waals surface area contributed by atoms with E-state index in [0.29, 0.717) is 12.8 Å². The SMILES string of the molecule is CCCCCCCCCC/C=C/CCCCCC(=O)OC[C@H](COP(=O)(O)OC1C(O)C(O)C(O)[C@@H](O)C1O)OC(=O)CCCCCCCCCCCCCCCCCCCCCCC. The normalized spacial score (nSPS) is 21.4. The highest BCUT2D eigenvalue weighted by molar-refractivity contribution is 7.47. The van der Waals surface area contributed by atoms with E-state index in [9.17, 15) is 44.6 Å². The van der Waals surface area contributed by atoms with E-state index < -0.39 is 75.7 Å². The van der Waals surface area contributed by atoms with Gasteiger partial charge >= 0.3 is 19.8 Å². The van der Waals surface area contributed by atoms with Gasteiger partial charge in [-0.05, 0) is 38.5 Å². The maximum Gasteiger partial charge on any atom is 0.472 e. The van der Waals surface area contributed by atoms with Crippen molar-refractivity contribution in [3.05, 3.63) is 12.2 Å². The molecular formula is C51H97O13P. The molecule has 65 heavy (non-hydrogen) atoms. The molecule has 0 aromatic heterocycles. The quantitative estimate of drug-likeness (QED) is 0.0145. The minimum absolute atomic E-state index is 0.100. The minimum Gasteiger partial charge on any atom is -0.462 e. The van der Waals surface area contributed by atoms with Gasteiger partial charge in [0.05, 0.1) is 6.61 Å². The molecule has 6 N–H and O–H groups in total. The van der Waals surface area contributed by atoms with Crippen LogP contribution in [0.4, 0.5) is 0 Å². The Hall–Kier alpha value is -1.41. The van der Waals surface area contributed by atoms with Crippen molar-refractivity contribution in [2.24, 2.45) is 0 Å². The van der Waals surface area contributed by atoms with E-state index in [2.05, 4.69) is 26.0 Å². The molecule has 1 rings (SSSR count). The molecule has 0 aliphatic heterocycles. The van der Waals surface area contributed by atoms with Crippen LogP contribution in [0.1, 0.15) is 245 Å². The van der Waals surface area contributed by atoms with Gasteiger partial charge in [-0.15, -0.1) is 0 Å². The molecule has 13 nitrogen and oxygen atoms in total. The third kappa shape index (κ3) is 33.7. The van der Waals surface area contributed by atoms with Gasteiger partial charge in [-0.3, -0.25) is 18.6 Å². The summed E-state index contributed by atoms with van der Waals surface area (Å²) in [4.78, 5) is 35.8. The van der Waals surface area contributed by atoms with Gasteiger partial charge in [-0.2, -0.15) is 0 Å². The molecule has 384 valence electrons. The summed E-state index contributed by atoms with van der Waals surface area (Å²) in [6, 6.07) is 0. The molecule has 8 atom stereocenters. The Morgan fingerprint density at radius 1 is 0.462 bits per heavy atom. The number of hydrogen-bond donors (Lipinski definition) is 6. The predicted molar refractivity (Wildman–Crippen MR) is 258 cm³/mol. The highest BCUT2D eigenvalue weighted by Crippen LogP contribution is 2.47. The van der Waals surface area contributed by atoms with Crippen LogP contribution in [0.2, 0.25) is 0 Å². The van der Waals surface area contributed by atoms with E-state index in [-0.39, 0.29) is 12.8 Å². The number of ether oxygens (including phenoxy) is 2. The molecule has 6 unspecified atom stereocenters. The number of carbonyl (C=O) groups excluding carboxylic acids is 2. The van der Waals surface area contributed by atoms with Crippen molar-refractivity contribution >= 4 is 19.8 Å². The molecule has 1 saturated carbocycles. The largest absolute Gasteiger partial charge is 0.472 e. The van der Waals surface area contributed by atoms with Crippen molar-refractivity contribution in [1.82, 2.24) is 0 Å². The van der Waals surface area contributed by atoms with E-state index in [1.54, 1.807) is 0 Å². The second-order valence-corrected chi connectivity index (χ2v) is 20.1. The van der Waals surface area contributed by atoms with Crippen LogP contribution in [-0.2, 0) is 32.7 Å². The first kappa shape index (κ1) is 61.6. The maximum atomic E-state index is 12.8. The molecule has 1 fully saturated rings. The third-order valence-electron chi connectivity index (χ3n) is 12.6. The number of allylic oxidation sites excluding steroid dienone is 2. The summed E-state index contributed by atoms with van der Waals surface area (Å²) in [5.74, 6) is -1.10. The highest BCUT2D eigenvalue weighted by Gasteiger charge is 2.51. The van der Waals surface area contributed by atoms with Crippen molar-refractivity contribution in [2.45, 2.75) is 288 Å². The third-order valence-corrected chi connectivity index (χ3v) is 13.6. The van der Waals surface area contributed by atoms with Crippen molar-refractivity contribution in [3.63, 3.8) is 0 Å². The van der Waals surface area contributed by atoms with Gasteiger partial charge in [0.25, 0.3) is 0 Å². The minimum atomic E-state index is -5.12. The topological polar surface area (TPSA) is 210 Å². The van der Waals surface area contributed by atoms with Crippen LogP contribution in [0.5, 0.6) is 0 Å². The standard InChI is InChI=1S/C51H97O13P/c1-3-5-7-9-11-13-15-17-19-20-21-22-23-24-26-28-30-32-34-36-38-40-45(53)63-43(42-62-65(59,60)64-51-49(57)47(55)46(54)48(56)50(51)58)41-61-44(52)39-37-35-33-31-29-27-25-18-16-14-12-10-8-6-4-2/h27,29,43,46-51,54-58H,3-26,28,30-42H2,1-2H3,(H,59,60)/b29-27+/t43-,46?,47-,48?,49?,50?,51?/m1/s1. The van der Waals surface area contributed by atoms with Crippen LogP contribution in [-0.4, -0.2) is 98.3 Å². The molecular weight excluding hydrogens is 852 g/mol. The summed E-state index contributed by atoms with van der Waals surface area (Å²) in [5.41, 5.74) is 0. The second-order valence-electron chi connectivity index (χ2n) is 18.7. The lowest BCUT2D eigenvalue weighted by molar-refractivity contribution is -0.220. The first-order valence-electron chi connectivity index (χ1n) is 26.5. The maximum absolute atomic E-state index is 12.8. The number of phosphoric ester groups is 1. The average Bonchev–Trinajstić information content (AvgIpc) is 3.29. The Labute approximate surface area is 394 Å². The van der Waals surface area contributed by atoms with Gasteiger partial charge in [0, 0.05) is 12.8 Å². The molecule has 0 bridgehead atoms. The first-order chi connectivity index (χ1) is 31.4. The Balaban J connectivity index is 2.37. The number of unbranched alkanes of at least 4 members (excludes halogenated alkanes) is 31. The molecule has 0 saturated heterocycles. The fourth-order valence-corrected chi connectivity index (χ4v) is 9.32. The Bertz CT molecular complexity index is 1190. The fourth-order valence-electron chi connectivity index (χ4n) is 8.34. The van der Waals surface area contributed by atoms with Crippen molar-refractivity contribution in [2.75, 3.05) is 13.2 Å². The van der Waals surface area contributed by atoms with E-state index in [4.69, 9.17) is 18.5 Å². The zero-order chi connectivity index (χ0) is 47.8. The molecule has 0 aromatic rings. The Morgan fingerprint density at radius 3 is 1.18 bits per heavy atom. The van der Waals surface area contributed by atoms with Gasteiger partial charge in [0.1, 0.15) is 43.2 Å². The van der Waals surface area contributed by atoms with Crippen LogP contribution in [0.15, 0.2) is 12.2 Å². The zero-order valence-electron chi connectivity index (χ0n) is 41.1. The number of rotatable bonds is 45. The summed E-state index contributed by atoms with van der Waals surface area (Å²) in [5, 5.41) is 50.3. The smallest absolute Gasteiger partial charge is 0.462 e. The van der Waals surface area contributed by atoms with Crippen LogP contribution < -0.4 is 0 Å². The first-order valence-corrected chi connectivity index (χ1v) is 28.0. The lowest BCUT2D eigenvalue weighted by Gasteiger charge is -2.41. The van der Waals surface area contributed by atoms with Gasteiger partial charge in [0.15, 0.2) is 6.10 Å². The monoisotopic (exact) mass is 949 g/mol. The predicted octanol–water partition coefficient (Wildman–Crippen LogP) is 11.4. The Kier molecular flexibility index (Phi) is 39.4.